The lowest BCUT2D eigenvalue weighted by molar-refractivity contribution is 0.234. The first kappa shape index (κ1) is 16.9. The van der Waals surface area contributed by atoms with Gasteiger partial charge in [0, 0.05) is 17.2 Å². The molecule has 3 heteroatoms. The van der Waals surface area contributed by atoms with E-state index in [1.54, 1.807) is 11.8 Å². The highest BCUT2D eigenvalue weighted by molar-refractivity contribution is 7.99. The molecule has 0 amide bonds. The summed E-state index contributed by atoms with van der Waals surface area (Å²) in [7, 11) is 0. The van der Waals surface area contributed by atoms with Gasteiger partial charge in [-0.2, -0.15) is 0 Å². The molecule has 3 unspecified atom stereocenters. The van der Waals surface area contributed by atoms with Gasteiger partial charge in [-0.15, -0.1) is 0 Å². The Bertz CT molecular complexity index is 732. The molecule has 2 N–H and O–H groups in total. The predicted molar refractivity (Wildman–Crippen MR) is 101 cm³/mol. The molecule has 1 fully saturated rings. The van der Waals surface area contributed by atoms with Crippen LogP contribution >= 0.6 is 11.8 Å². The van der Waals surface area contributed by atoms with Crippen molar-refractivity contribution in [3.8, 4) is 0 Å². The van der Waals surface area contributed by atoms with Gasteiger partial charge in [-0.25, -0.2) is 0 Å². The van der Waals surface area contributed by atoms with E-state index in [9.17, 15) is 0 Å². The topological polar surface area (TPSA) is 35.2 Å². The van der Waals surface area contributed by atoms with Crippen LogP contribution in [0.5, 0.6) is 0 Å². The maximum absolute atomic E-state index is 6.21. The SMILES string of the molecule is Cc1ccc(SC2CC(N)C(=C=CC(C)c3ccccc3)O2)cc1. The molecule has 2 aromatic carbocycles. The Kier molecular flexibility index (Phi) is 5.47. The largest absolute Gasteiger partial charge is 0.474 e. The van der Waals surface area contributed by atoms with E-state index < -0.39 is 0 Å². The van der Waals surface area contributed by atoms with Crippen LogP contribution < -0.4 is 5.73 Å². The maximum Gasteiger partial charge on any atom is 0.156 e. The van der Waals surface area contributed by atoms with Gasteiger partial charge in [0.15, 0.2) is 11.2 Å². The minimum atomic E-state index is -0.0767. The summed E-state index contributed by atoms with van der Waals surface area (Å²) >= 11 is 1.72. The average Bonchev–Trinajstić information content (AvgIpc) is 2.95. The normalized spacial score (nSPS) is 21.0. The lowest BCUT2D eigenvalue weighted by Crippen LogP contribution is -2.17. The summed E-state index contributed by atoms with van der Waals surface area (Å²) in [5.74, 6) is 1.06. The van der Waals surface area contributed by atoms with E-state index >= 15 is 0 Å². The van der Waals surface area contributed by atoms with Crippen molar-refractivity contribution in [2.24, 2.45) is 5.73 Å². The van der Waals surface area contributed by atoms with E-state index in [0.717, 1.165) is 12.2 Å². The van der Waals surface area contributed by atoms with Crippen LogP contribution in [0.15, 0.2) is 77.1 Å². The summed E-state index contributed by atoms with van der Waals surface area (Å²) in [4.78, 5) is 1.21. The first-order valence-electron chi connectivity index (χ1n) is 8.29. The second kappa shape index (κ2) is 7.76. The summed E-state index contributed by atoms with van der Waals surface area (Å²) in [5, 5.41) is 0. The minimum absolute atomic E-state index is 0.0608. The van der Waals surface area contributed by atoms with Crippen LogP contribution in [0, 0.1) is 6.92 Å². The predicted octanol–water partition coefficient (Wildman–Crippen LogP) is 5.00. The van der Waals surface area contributed by atoms with Crippen molar-refractivity contribution in [1.82, 2.24) is 0 Å². The van der Waals surface area contributed by atoms with Crippen LogP contribution in [0.2, 0.25) is 0 Å². The van der Waals surface area contributed by atoms with E-state index in [0.29, 0.717) is 5.92 Å². The Morgan fingerprint density at radius 1 is 1.17 bits per heavy atom. The van der Waals surface area contributed by atoms with Gasteiger partial charge in [0.2, 0.25) is 0 Å². The minimum Gasteiger partial charge on any atom is -0.474 e. The molecule has 0 radical (unpaired) electrons. The van der Waals surface area contributed by atoms with E-state index in [1.165, 1.54) is 16.0 Å². The van der Waals surface area contributed by atoms with Crippen molar-refractivity contribution in [3.63, 3.8) is 0 Å². The highest BCUT2D eigenvalue weighted by atomic mass is 32.2. The standard InChI is InChI=1S/C21H23NOS/c1-15-8-11-18(12-9-15)24-21-14-19(22)20(23-21)13-10-16(2)17-6-4-3-5-7-17/h3-12,16,19,21H,14,22H2,1-2H3. The zero-order valence-electron chi connectivity index (χ0n) is 14.1. The quantitative estimate of drug-likeness (QED) is 0.797. The Hall–Kier alpha value is -1.93. The van der Waals surface area contributed by atoms with E-state index in [1.807, 2.05) is 12.1 Å². The fourth-order valence-electron chi connectivity index (χ4n) is 2.63. The molecular weight excluding hydrogens is 314 g/mol. The van der Waals surface area contributed by atoms with Crippen LogP contribution in [0.3, 0.4) is 0 Å². The summed E-state index contributed by atoms with van der Waals surface area (Å²) in [6.45, 7) is 4.25. The van der Waals surface area contributed by atoms with Gasteiger partial charge in [0.25, 0.3) is 0 Å². The maximum atomic E-state index is 6.21. The third-order valence-corrected chi connectivity index (χ3v) is 5.23. The van der Waals surface area contributed by atoms with Crippen molar-refractivity contribution in [1.29, 1.82) is 0 Å². The Morgan fingerprint density at radius 2 is 1.88 bits per heavy atom. The summed E-state index contributed by atoms with van der Waals surface area (Å²) in [5.41, 5.74) is 12.1. The number of hydrogen-bond acceptors (Lipinski definition) is 3. The third kappa shape index (κ3) is 4.33. The molecule has 2 nitrogen and oxygen atoms in total. The molecule has 3 atom stereocenters. The second-order valence-corrected chi connectivity index (χ2v) is 7.43. The van der Waals surface area contributed by atoms with Crippen molar-refractivity contribution >= 4 is 11.8 Å². The van der Waals surface area contributed by atoms with Crippen molar-refractivity contribution < 1.29 is 4.74 Å². The van der Waals surface area contributed by atoms with Crippen molar-refractivity contribution in [2.45, 2.75) is 42.6 Å². The van der Waals surface area contributed by atoms with E-state index in [-0.39, 0.29) is 11.5 Å². The molecule has 124 valence electrons. The molecular formula is C21H23NOS. The van der Waals surface area contributed by atoms with E-state index in [4.69, 9.17) is 10.5 Å². The molecule has 1 heterocycles. The van der Waals surface area contributed by atoms with Gasteiger partial charge in [0.05, 0.1) is 6.04 Å². The third-order valence-electron chi connectivity index (χ3n) is 4.13. The number of hydrogen-bond donors (Lipinski definition) is 1. The molecule has 0 spiro atoms. The molecule has 0 saturated carbocycles. The second-order valence-electron chi connectivity index (χ2n) is 6.20. The summed E-state index contributed by atoms with van der Waals surface area (Å²) in [6.07, 6.45) is 2.86. The van der Waals surface area contributed by atoms with Gasteiger partial charge < -0.3 is 10.5 Å². The van der Waals surface area contributed by atoms with Gasteiger partial charge in [-0.1, -0.05) is 72.4 Å². The van der Waals surface area contributed by atoms with Crippen LogP contribution in [0.4, 0.5) is 0 Å². The van der Waals surface area contributed by atoms with Crippen LogP contribution in [0.25, 0.3) is 0 Å². The first-order chi connectivity index (χ1) is 11.6. The van der Waals surface area contributed by atoms with Crippen LogP contribution in [-0.4, -0.2) is 11.5 Å². The highest BCUT2D eigenvalue weighted by Gasteiger charge is 2.29. The van der Waals surface area contributed by atoms with Crippen molar-refractivity contribution in [2.75, 3.05) is 0 Å². The molecule has 2 aromatic rings. The summed E-state index contributed by atoms with van der Waals surface area (Å²) in [6, 6.07) is 18.8. The van der Waals surface area contributed by atoms with Crippen LogP contribution in [0.1, 0.15) is 30.4 Å². The number of thioether (sulfide) groups is 1. The van der Waals surface area contributed by atoms with Crippen molar-refractivity contribution in [3.05, 3.63) is 83.3 Å². The highest BCUT2D eigenvalue weighted by Crippen LogP contribution is 2.34. The number of rotatable bonds is 4. The molecule has 1 aliphatic heterocycles. The monoisotopic (exact) mass is 337 g/mol. The molecule has 24 heavy (non-hydrogen) atoms. The fraction of sp³-hybridized carbons (Fsp3) is 0.286. The zero-order chi connectivity index (χ0) is 16.9. The lowest BCUT2D eigenvalue weighted by atomic mass is 10.0. The first-order valence-corrected chi connectivity index (χ1v) is 9.17. The van der Waals surface area contributed by atoms with Crippen LogP contribution in [-0.2, 0) is 4.74 Å². The number of aryl methyl sites for hydroxylation is 1. The molecule has 0 aliphatic carbocycles. The molecule has 1 saturated heterocycles. The fourth-order valence-corrected chi connectivity index (χ4v) is 3.69. The number of nitrogens with two attached hydrogens (primary N) is 1. The molecule has 3 rings (SSSR count). The Morgan fingerprint density at radius 3 is 2.58 bits per heavy atom. The molecule has 0 aromatic heterocycles. The zero-order valence-corrected chi connectivity index (χ0v) is 14.9. The van der Waals surface area contributed by atoms with Gasteiger partial charge >= 0.3 is 0 Å². The lowest BCUT2D eigenvalue weighted by Gasteiger charge is -2.09. The number of benzene rings is 2. The van der Waals surface area contributed by atoms with E-state index in [2.05, 4.69) is 68.1 Å². The summed E-state index contributed by atoms with van der Waals surface area (Å²) < 4.78 is 6.01. The molecule has 1 aliphatic rings. The van der Waals surface area contributed by atoms with Gasteiger partial charge in [-0.3, -0.25) is 0 Å². The molecule has 0 bridgehead atoms. The smallest absolute Gasteiger partial charge is 0.156 e. The Labute approximate surface area is 148 Å². The Balaban J connectivity index is 1.66. The number of ether oxygens (including phenoxy) is 1. The average molecular weight is 337 g/mol. The van der Waals surface area contributed by atoms with Gasteiger partial charge in [-0.05, 0) is 30.7 Å². The van der Waals surface area contributed by atoms with Gasteiger partial charge in [0.1, 0.15) is 0 Å².